The number of hydrogen-bond acceptors (Lipinski definition) is 6. The van der Waals surface area contributed by atoms with Crippen molar-refractivity contribution in [1.29, 1.82) is 0 Å². The fraction of sp³-hybridized carbons (Fsp3) is 0.769. The van der Waals surface area contributed by atoms with Crippen LogP contribution < -0.4 is 10.9 Å². The minimum Gasteiger partial charge on any atom is -0.408 e. The normalized spacial score (nSPS) is 27.0. The Morgan fingerprint density at radius 3 is 2.14 bits per heavy atom. The van der Waals surface area contributed by atoms with Crippen molar-refractivity contribution in [3.05, 3.63) is 28.0 Å². The van der Waals surface area contributed by atoms with Crippen molar-refractivity contribution in [2.45, 2.75) is 122 Å². The van der Waals surface area contributed by atoms with Crippen LogP contribution >= 0.6 is 0 Å². The molecule has 3 heterocycles. The van der Waals surface area contributed by atoms with E-state index in [9.17, 15) is 9.59 Å². The second-order valence-corrected chi connectivity index (χ2v) is 23.3. The summed E-state index contributed by atoms with van der Waals surface area (Å²) in [6, 6.07) is 3.40. The molecule has 0 aliphatic carbocycles. The molecule has 2 aliphatic heterocycles. The summed E-state index contributed by atoms with van der Waals surface area (Å²) in [7, 11) is -5.05. The third kappa shape index (κ3) is 5.30. The van der Waals surface area contributed by atoms with Crippen molar-refractivity contribution >= 4 is 28.6 Å². The Bertz CT molecular complexity index is 1020. The molecule has 204 valence electrons. The summed E-state index contributed by atoms with van der Waals surface area (Å²) in [4.78, 5) is 27.4. The summed E-state index contributed by atoms with van der Waals surface area (Å²) in [5.41, 5.74) is 0.148. The highest BCUT2D eigenvalue weighted by Crippen LogP contribution is 2.56. The lowest BCUT2D eigenvalue weighted by Gasteiger charge is -2.54. The lowest BCUT2D eigenvalue weighted by Crippen LogP contribution is -2.66. The molecule has 1 aromatic heterocycles. The van der Waals surface area contributed by atoms with Gasteiger partial charge in [0.2, 0.25) is 5.91 Å². The predicted octanol–water partition coefficient (Wildman–Crippen LogP) is 5.62. The Balaban J connectivity index is 2.08. The maximum atomic E-state index is 13.2. The molecule has 36 heavy (non-hydrogen) atoms. The topological polar surface area (TPSA) is 98.9 Å². The minimum absolute atomic E-state index is 0.0366. The standard InChI is InChI=1S/C26H46N2O6Si2/c1-16(29)27-19-14-13-17(23(30)28-19)20-22(33-35(11,12)24(2,3)4)21-18(32-20)15-31-36(34-21,25(5,6)7)26(8,9)10/h13-14,18,20-22H,15H2,1-12H3,(H2,27,28,29,30)/t18-,20+,21-,22+/m1/s1. The fourth-order valence-corrected chi connectivity index (χ4v) is 11.5. The van der Waals surface area contributed by atoms with E-state index in [4.69, 9.17) is 18.0 Å². The van der Waals surface area contributed by atoms with Gasteiger partial charge in [-0.05, 0) is 30.3 Å². The smallest absolute Gasteiger partial charge is 0.349 e. The summed E-state index contributed by atoms with van der Waals surface area (Å²) in [5.74, 6) is 0.0943. The molecule has 0 bridgehead atoms. The van der Waals surface area contributed by atoms with Gasteiger partial charge in [-0.25, -0.2) is 0 Å². The molecule has 2 saturated heterocycles. The maximum Gasteiger partial charge on any atom is 0.349 e. The average molecular weight is 539 g/mol. The monoisotopic (exact) mass is 538 g/mol. The first-order chi connectivity index (χ1) is 16.2. The first kappa shape index (κ1) is 29.3. The molecule has 1 aromatic rings. The van der Waals surface area contributed by atoms with Gasteiger partial charge in [0.05, 0.1) is 6.61 Å². The molecule has 0 spiro atoms. The molecule has 0 unspecified atom stereocenters. The number of amides is 1. The van der Waals surface area contributed by atoms with Gasteiger partial charge in [0.1, 0.15) is 30.2 Å². The quantitative estimate of drug-likeness (QED) is 0.483. The highest BCUT2D eigenvalue weighted by Gasteiger charge is 2.65. The molecular formula is C26H46N2O6Si2. The van der Waals surface area contributed by atoms with Gasteiger partial charge in [0.25, 0.3) is 5.56 Å². The highest BCUT2D eigenvalue weighted by atomic mass is 28.4. The van der Waals surface area contributed by atoms with Crippen LogP contribution in [0.2, 0.25) is 28.2 Å². The van der Waals surface area contributed by atoms with Crippen LogP contribution in [0.15, 0.2) is 16.9 Å². The Morgan fingerprint density at radius 1 is 1.08 bits per heavy atom. The first-order valence-corrected chi connectivity index (χ1v) is 17.6. The second-order valence-electron chi connectivity index (χ2n) is 13.8. The summed E-state index contributed by atoms with van der Waals surface area (Å²) >= 11 is 0. The third-order valence-corrected chi connectivity index (χ3v) is 17.4. The summed E-state index contributed by atoms with van der Waals surface area (Å²) in [6.07, 6.45) is -1.76. The zero-order chi connectivity index (χ0) is 27.5. The van der Waals surface area contributed by atoms with Crippen molar-refractivity contribution in [2.75, 3.05) is 11.9 Å². The number of anilines is 1. The number of rotatable bonds is 4. The molecule has 1 amide bonds. The van der Waals surface area contributed by atoms with E-state index in [1.54, 1.807) is 12.1 Å². The fourth-order valence-electron chi connectivity index (χ4n) is 5.21. The lowest BCUT2D eigenvalue weighted by molar-refractivity contribution is -0.114. The number of carbonyl (C=O) groups is 1. The molecule has 10 heteroatoms. The zero-order valence-electron chi connectivity index (χ0n) is 24.1. The average Bonchev–Trinajstić information content (AvgIpc) is 3.01. The van der Waals surface area contributed by atoms with E-state index in [1.807, 2.05) is 0 Å². The number of carbonyl (C=O) groups excluding carboxylic acids is 1. The molecule has 2 fully saturated rings. The lowest BCUT2D eigenvalue weighted by atomic mass is 10.0. The van der Waals surface area contributed by atoms with E-state index in [2.05, 4.69) is 85.7 Å². The van der Waals surface area contributed by atoms with Crippen molar-refractivity contribution in [3.8, 4) is 0 Å². The van der Waals surface area contributed by atoms with Crippen LogP contribution in [-0.2, 0) is 22.8 Å². The maximum absolute atomic E-state index is 13.2. The van der Waals surface area contributed by atoms with Crippen LogP contribution in [-0.4, -0.2) is 52.7 Å². The molecule has 0 radical (unpaired) electrons. The number of aromatic amines is 1. The number of ether oxygens (including phenoxy) is 1. The summed E-state index contributed by atoms with van der Waals surface area (Å²) < 4.78 is 27.2. The van der Waals surface area contributed by atoms with E-state index in [1.165, 1.54) is 6.92 Å². The summed E-state index contributed by atoms with van der Waals surface area (Å²) in [5, 5.41) is 2.22. The van der Waals surface area contributed by atoms with Gasteiger partial charge < -0.3 is 28.3 Å². The number of aromatic nitrogens is 1. The van der Waals surface area contributed by atoms with Gasteiger partial charge in [0, 0.05) is 22.6 Å². The molecule has 3 rings (SSSR count). The van der Waals surface area contributed by atoms with Crippen LogP contribution in [0, 0.1) is 0 Å². The van der Waals surface area contributed by atoms with E-state index >= 15 is 0 Å². The molecule has 4 atom stereocenters. The van der Waals surface area contributed by atoms with Gasteiger partial charge in [-0.15, -0.1) is 0 Å². The van der Waals surface area contributed by atoms with Crippen molar-refractivity contribution in [2.24, 2.45) is 0 Å². The molecule has 8 nitrogen and oxygen atoms in total. The number of fused-ring (bicyclic) bond motifs is 1. The van der Waals surface area contributed by atoms with Crippen molar-refractivity contribution in [1.82, 2.24) is 4.98 Å². The van der Waals surface area contributed by atoms with Crippen LogP contribution in [0.1, 0.15) is 80.9 Å². The molecule has 0 aromatic carbocycles. The van der Waals surface area contributed by atoms with Crippen molar-refractivity contribution < 1.29 is 22.8 Å². The van der Waals surface area contributed by atoms with E-state index < -0.39 is 29.1 Å². The zero-order valence-corrected chi connectivity index (χ0v) is 26.1. The number of H-pyrrole nitrogens is 1. The largest absolute Gasteiger partial charge is 0.408 e. The Hall–Kier alpha value is -1.31. The minimum atomic E-state index is -2.78. The number of pyridine rings is 1. The number of nitrogens with one attached hydrogen (secondary N) is 2. The molecule has 0 saturated carbocycles. The predicted molar refractivity (Wildman–Crippen MR) is 147 cm³/mol. The second kappa shape index (κ2) is 9.46. The van der Waals surface area contributed by atoms with Gasteiger partial charge in [-0.1, -0.05) is 62.3 Å². The van der Waals surface area contributed by atoms with Gasteiger partial charge in [-0.2, -0.15) is 0 Å². The van der Waals surface area contributed by atoms with Gasteiger partial charge in [0.15, 0.2) is 8.32 Å². The van der Waals surface area contributed by atoms with E-state index in [0.29, 0.717) is 18.0 Å². The van der Waals surface area contributed by atoms with E-state index in [0.717, 1.165) is 0 Å². The molecular weight excluding hydrogens is 492 g/mol. The first-order valence-electron chi connectivity index (χ1n) is 12.9. The van der Waals surface area contributed by atoms with Crippen LogP contribution in [0.25, 0.3) is 0 Å². The Morgan fingerprint density at radius 2 is 1.67 bits per heavy atom. The van der Waals surface area contributed by atoms with Crippen LogP contribution in [0.4, 0.5) is 5.82 Å². The Labute approximate surface area is 218 Å². The summed E-state index contributed by atoms with van der Waals surface area (Å²) in [6.45, 7) is 25.9. The van der Waals surface area contributed by atoms with Crippen molar-refractivity contribution in [3.63, 3.8) is 0 Å². The Kier molecular flexibility index (Phi) is 7.69. The van der Waals surface area contributed by atoms with Crippen LogP contribution in [0.3, 0.4) is 0 Å². The van der Waals surface area contributed by atoms with E-state index in [-0.39, 0.29) is 38.8 Å². The van der Waals surface area contributed by atoms with Gasteiger partial charge >= 0.3 is 8.56 Å². The highest BCUT2D eigenvalue weighted by molar-refractivity contribution is 6.74. The van der Waals surface area contributed by atoms with Crippen LogP contribution in [0.5, 0.6) is 0 Å². The number of hydrogen-bond donors (Lipinski definition) is 2. The SMILES string of the molecule is CC(=O)Nc1ccc([C@@H]2O[C@@H]3CO[Si](C(C)(C)C)(C(C)(C)C)O[C@H]3[C@H]2O[Si](C)(C)C(C)(C)C)c(=O)[nH]1. The molecule has 2 aliphatic rings. The third-order valence-electron chi connectivity index (χ3n) is 7.83. The van der Waals surface area contributed by atoms with Gasteiger partial charge in [-0.3, -0.25) is 9.59 Å². The molecule has 2 N–H and O–H groups in total.